The Morgan fingerprint density at radius 2 is 2.10 bits per heavy atom. The lowest BCUT2D eigenvalue weighted by molar-refractivity contribution is -0.385. The van der Waals surface area contributed by atoms with Crippen molar-refractivity contribution in [2.75, 3.05) is 0 Å². The summed E-state index contributed by atoms with van der Waals surface area (Å²) < 4.78 is 5.36. The largest absolute Gasteiger partial charge is 0.478 e. The first kappa shape index (κ1) is 14.4. The standard InChI is InChI=1S/C13H11N3O5/c1-7-4-3-5-10(16(19)20)11(7)21-13-14-6-9(12(17)18)8(2)15-13/h3-6H,1-2H3,(H,17,18). The van der Waals surface area contributed by atoms with Crippen LogP contribution in [0.25, 0.3) is 0 Å². The van der Waals surface area contributed by atoms with Crippen molar-refractivity contribution < 1.29 is 19.6 Å². The van der Waals surface area contributed by atoms with E-state index in [1.807, 2.05) is 0 Å². The van der Waals surface area contributed by atoms with Gasteiger partial charge >= 0.3 is 17.7 Å². The summed E-state index contributed by atoms with van der Waals surface area (Å²) in [5, 5.41) is 19.9. The van der Waals surface area contributed by atoms with Crippen LogP contribution in [0.2, 0.25) is 0 Å². The van der Waals surface area contributed by atoms with E-state index in [9.17, 15) is 14.9 Å². The molecule has 8 nitrogen and oxygen atoms in total. The van der Waals surface area contributed by atoms with E-state index >= 15 is 0 Å². The number of benzene rings is 1. The van der Waals surface area contributed by atoms with E-state index in [1.165, 1.54) is 13.0 Å². The van der Waals surface area contributed by atoms with E-state index in [0.29, 0.717) is 5.56 Å². The minimum atomic E-state index is -1.15. The molecule has 0 radical (unpaired) electrons. The van der Waals surface area contributed by atoms with Gasteiger partial charge in [0.05, 0.1) is 16.2 Å². The minimum Gasteiger partial charge on any atom is -0.478 e. The van der Waals surface area contributed by atoms with Crippen molar-refractivity contribution in [1.29, 1.82) is 0 Å². The number of hydrogen-bond acceptors (Lipinski definition) is 6. The van der Waals surface area contributed by atoms with Gasteiger partial charge in [-0.05, 0) is 19.4 Å². The summed E-state index contributed by atoms with van der Waals surface area (Å²) in [5.74, 6) is -1.12. The number of nitro benzene ring substituents is 1. The predicted molar refractivity (Wildman–Crippen MR) is 71.6 cm³/mol. The number of nitro groups is 1. The highest BCUT2D eigenvalue weighted by Gasteiger charge is 2.19. The molecule has 0 atom stereocenters. The summed E-state index contributed by atoms with van der Waals surface area (Å²) in [6.45, 7) is 3.14. The molecule has 0 fully saturated rings. The van der Waals surface area contributed by atoms with Crippen molar-refractivity contribution in [3.63, 3.8) is 0 Å². The van der Waals surface area contributed by atoms with Gasteiger partial charge in [0.25, 0.3) is 0 Å². The Bertz CT molecular complexity index is 730. The molecule has 0 unspecified atom stereocenters. The highest BCUT2D eigenvalue weighted by Crippen LogP contribution is 2.33. The fourth-order valence-electron chi connectivity index (χ4n) is 1.71. The van der Waals surface area contributed by atoms with Crippen molar-refractivity contribution >= 4 is 11.7 Å². The van der Waals surface area contributed by atoms with Crippen LogP contribution in [-0.2, 0) is 0 Å². The van der Waals surface area contributed by atoms with Gasteiger partial charge in [-0.3, -0.25) is 10.1 Å². The number of para-hydroxylation sites is 1. The first-order chi connectivity index (χ1) is 9.90. The molecule has 1 N–H and O–H groups in total. The monoisotopic (exact) mass is 289 g/mol. The molecule has 0 aliphatic carbocycles. The lowest BCUT2D eigenvalue weighted by atomic mass is 10.2. The van der Waals surface area contributed by atoms with Gasteiger partial charge in [-0.1, -0.05) is 12.1 Å². The summed E-state index contributed by atoms with van der Waals surface area (Å²) in [7, 11) is 0. The molecular formula is C13H11N3O5. The van der Waals surface area contributed by atoms with Crippen LogP contribution in [0, 0.1) is 24.0 Å². The van der Waals surface area contributed by atoms with Gasteiger partial charge in [-0.15, -0.1) is 0 Å². The second-order valence-corrected chi connectivity index (χ2v) is 4.24. The van der Waals surface area contributed by atoms with Gasteiger partial charge in [0.15, 0.2) is 0 Å². The molecule has 0 spiro atoms. The zero-order valence-electron chi connectivity index (χ0n) is 11.2. The molecule has 0 saturated carbocycles. The molecule has 0 bridgehead atoms. The Balaban J connectivity index is 2.41. The van der Waals surface area contributed by atoms with E-state index < -0.39 is 10.9 Å². The van der Waals surface area contributed by atoms with Gasteiger partial charge in [-0.25, -0.2) is 9.78 Å². The lowest BCUT2D eigenvalue weighted by Gasteiger charge is -2.08. The van der Waals surface area contributed by atoms with Crippen molar-refractivity contribution in [1.82, 2.24) is 9.97 Å². The summed E-state index contributed by atoms with van der Waals surface area (Å²) in [6.07, 6.45) is 1.10. The Labute approximate surface area is 119 Å². The quantitative estimate of drug-likeness (QED) is 0.678. The fraction of sp³-hybridized carbons (Fsp3) is 0.154. The number of rotatable bonds is 4. The predicted octanol–water partition coefficient (Wildman–Crippen LogP) is 2.49. The number of aromatic carboxylic acids is 1. The number of nitrogens with zero attached hydrogens (tertiary/aromatic N) is 3. The van der Waals surface area contributed by atoms with Crippen molar-refractivity contribution in [2.45, 2.75) is 13.8 Å². The second kappa shape index (κ2) is 5.53. The van der Waals surface area contributed by atoms with E-state index in [1.54, 1.807) is 19.1 Å². The molecule has 8 heteroatoms. The zero-order chi connectivity index (χ0) is 15.6. The first-order valence-electron chi connectivity index (χ1n) is 5.89. The van der Waals surface area contributed by atoms with Gasteiger partial charge in [0.2, 0.25) is 5.75 Å². The Kier molecular flexibility index (Phi) is 3.79. The smallest absolute Gasteiger partial charge is 0.339 e. The van der Waals surface area contributed by atoms with E-state index in [0.717, 1.165) is 6.20 Å². The van der Waals surface area contributed by atoms with Crippen molar-refractivity contribution in [3.05, 3.63) is 51.3 Å². The van der Waals surface area contributed by atoms with Crippen molar-refractivity contribution in [3.8, 4) is 11.8 Å². The van der Waals surface area contributed by atoms with Gasteiger partial charge < -0.3 is 9.84 Å². The maximum Gasteiger partial charge on any atom is 0.339 e. The highest BCUT2D eigenvalue weighted by molar-refractivity contribution is 5.88. The van der Waals surface area contributed by atoms with E-state index in [2.05, 4.69) is 9.97 Å². The van der Waals surface area contributed by atoms with Gasteiger partial charge in [0.1, 0.15) is 0 Å². The summed E-state index contributed by atoms with van der Waals surface area (Å²) in [6, 6.07) is 4.36. The molecule has 21 heavy (non-hydrogen) atoms. The number of carbonyl (C=O) groups is 1. The first-order valence-corrected chi connectivity index (χ1v) is 5.89. The summed E-state index contributed by atoms with van der Waals surface area (Å²) in [4.78, 5) is 28.9. The summed E-state index contributed by atoms with van der Waals surface area (Å²) >= 11 is 0. The zero-order valence-corrected chi connectivity index (χ0v) is 11.2. The van der Waals surface area contributed by atoms with Crippen LogP contribution in [0.5, 0.6) is 11.8 Å². The van der Waals surface area contributed by atoms with Crippen LogP contribution in [-0.4, -0.2) is 26.0 Å². The van der Waals surface area contributed by atoms with Crippen LogP contribution in [0.15, 0.2) is 24.4 Å². The third-order valence-electron chi connectivity index (χ3n) is 2.77. The van der Waals surface area contributed by atoms with E-state index in [-0.39, 0.29) is 28.7 Å². The second-order valence-electron chi connectivity index (χ2n) is 4.24. The molecule has 1 heterocycles. The fourth-order valence-corrected chi connectivity index (χ4v) is 1.71. The molecule has 0 amide bonds. The SMILES string of the molecule is Cc1cccc([N+](=O)[O-])c1Oc1ncc(C(=O)O)c(C)n1. The van der Waals surface area contributed by atoms with Gasteiger partial charge in [-0.2, -0.15) is 4.98 Å². The van der Waals surface area contributed by atoms with Gasteiger partial charge in [0, 0.05) is 12.3 Å². The number of carboxylic acids is 1. The topological polar surface area (TPSA) is 115 Å². The number of aryl methyl sites for hydroxylation is 2. The Morgan fingerprint density at radius 3 is 2.67 bits per heavy atom. The Morgan fingerprint density at radius 1 is 1.38 bits per heavy atom. The number of hydrogen-bond donors (Lipinski definition) is 1. The molecule has 0 saturated heterocycles. The summed E-state index contributed by atoms with van der Waals surface area (Å²) in [5.41, 5.74) is 0.497. The van der Waals surface area contributed by atoms with Crippen LogP contribution < -0.4 is 4.74 Å². The van der Waals surface area contributed by atoms with Crippen LogP contribution in [0.4, 0.5) is 5.69 Å². The molecule has 1 aromatic carbocycles. The average molecular weight is 289 g/mol. The average Bonchev–Trinajstić information content (AvgIpc) is 2.40. The maximum absolute atomic E-state index is 11.0. The normalized spacial score (nSPS) is 10.2. The maximum atomic E-state index is 11.0. The third kappa shape index (κ3) is 2.94. The third-order valence-corrected chi connectivity index (χ3v) is 2.77. The van der Waals surface area contributed by atoms with Crippen LogP contribution >= 0.6 is 0 Å². The molecule has 0 aliphatic rings. The van der Waals surface area contributed by atoms with Crippen molar-refractivity contribution in [2.24, 2.45) is 0 Å². The molecule has 0 aliphatic heterocycles. The molecule has 2 aromatic rings. The van der Waals surface area contributed by atoms with Crippen LogP contribution in [0.3, 0.4) is 0 Å². The highest BCUT2D eigenvalue weighted by atomic mass is 16.6. The molecular weight excluding hydrogens is 278 g/mol. The molecule has 2 rings (SSSR count). The Hall–Kier alpha value is -3.03. The minimum absolute atomic E-state index is 0.0324. The van der Waals surface area contributed by atoms with Crippen LogP contribution in [0.1, 0.15) is 21.6 Å². The molecule has 1 aromatic heterocycles. The molecule has 108 valence electrons. The number of ether oxygens (including phenoxy) is 1. The lowest BCUT2D eigenvalue weighted by Crippen LogP contribution is -2.05. The number of aromatic nitrogens is 2. The van der Waals surface area contributed by atoms with E-state index in [4.69, 9.17) is 9.84 Å². The number of carboxylic acid groups (broad SMARTS) is 1.